The molecule has 3 rings (SSSR count). The summed E-state index contributed by atoms with van der Waals surface area (Å²) in [5.74, 6) is 0.337. The highest BCUT2D eigenvalue weighted by atomic mass is 16.5. The Morgan fingerprint density at radius 3 is 2.58 bits per heavy atom. The van der Waals surface area contributed by atoms with Crippen molar-refractivity contribution >= 4 is 23.6 Å². The van der Waals surface area contributed by atoms with Crippen LogP contribution in [0.4, 0.5) is 5.69 Å². The Labute approximate surface area is 153 Å². The summed E-state index contributed by atoms with van der Waals surface area (Å²) in [5.41, 5.74) is 1.58. The lowest BCUT2D eigenvalue weighted by molar-refractivity contribution is -0.132. The highest BCUT2D eigenvalue weighted by molar-refractivity contribution is 6.02. The summed E-state index contributed by atoms with van der Waals surface area (Å²) in [5, 5.41) is 2.79. The molecule has 0 unspecified atom stereocenters. The van der Waals surface area contributed by atoms with Crippen LogP contribution in [-0.4, -0.2) is 36.4 Å². The summed E-state index contributed by atoms with van der Waals surface area (Å²) < 4.78 is 5.57. The van der Waals surface area contributed by atoms with Gasteiger partial charge in [-0.15, -0.1) is 0 Å². The Balaban J connectivity index is 1.52. The van der Waals surface area contributed by atoms with Gasteiger partial charge in [-0.3, -0.25) is 9.59 Å². The number of amides is 2. The number of anilines is 1. The molecule has 5 heteroatoms. The van der Waals surface area contributed by atoms with Gasteiger partial charge in [-0.05, 0) is 36.6 Å². The summed E-state index contributed by atoms with van der Waals surface area (Å²) in [4.78, 5) is 25.9. The average molecular weight is 350 g/mol. The molecule has 0 aromatic heterocycles. The number of carbonyl (C=O) groups is 2. The number of likely N-dealkylation sites (tertiary alicyclic amines) is 1. The second kappa shape index (κ2) is 8.85. The quantitative estimate of drug-likeness (QED) is 0.813. The maximum absolute atomic E-state index is 12.0. The smallest absolute Gasteiger partial charge is 0.260 e. The third kappa shape index (κ3) is 5.21. The van der Waals surface area contributed by atoms with Crippen LogP contribution in [0.3, 0.4) is 0 Å². The molecule has 2 aromatic carbocycles. The fourth-order valence-corrected chi connectivity index (χ4v) is 2.79. The van der Waals surface area contributed by atoms with E-state index >= 15 is 0 Å². The van der Waals surface area contributed by atoms with Crippen molar-refractivity contribution in [2.24, 2.45) is 0 Å². The molecule has 26 heavy (non-hydrogen) atoms. The normalized spacial score (nSPS) is 13.8. The molecular formula is C21H22N2O3. The minimum absolute atomic E-state index is 0.00253. The number of ether oxygens (including phenoxy) is 1. The Hall–Kier alpha value is -3.08. The van der Waals surface area contributed by atoms with Gasteiger partial charge in [0, 0.05) is 30.9 Å². The van der Waals surface area contributed by atoms with Gasteiger partial charge in [0.2, 0.25) is 5.91 Å². The molecule has 1 N–H and O–H groups in total. The van der Waals surface area contributed by atoms with Crippen molar-refractivity contribution in [1.29, 1.82) is 0 Å². The summed E-state index contributed by atoms with van der Waals surface area (Å²) in [6, 6.07) is 16.7. The van der Waals surface area contributed by atoms with Gasteiger partial charge in [0.25, 0.3) is 5.91 Å². The standard InChI is InChI=1S/C21H22N2O3/c24-20(12-11-17-7-2-1-3-8-17)22-18-9-6-10-19(15-18)26-16-21(25)23-13-4-5-14-23/h1-3,6-12,15H,4-5,13-14,16H2,(H,22,24). The van der Waals surface area contributed by atoms with Crippen LogP contribution >= 0.6 is 0 Å². The Kier molecular flexibility index (Phi) is 6.04. The third-order valence-corrected chi connectivity index (χ3v) is 4.15. The fraction of sp³-hybridized carbons (Fsp3) is 0.238. The molecule has 2 aromatic rings. The Morgan fingerprint density at radius 2 is 1.81 bits per heavy atom. The minimum Gasteiger partial charge on any atom is -0.484 e. The van der Waals surface area contributed by atoms with Crippen LogP contribution in [0, 0.1) is 0 Å². The zero-order valence-electron chi connectivity index (χ0n) is 14.6. The molecule has 5 nitrogen and oxygen atoms in total. The van der Waals surface area contributed by atoms with Crippen molar-refractivity contribution in [1.82, 2.24) is 4.90 Å². The van der Waals surface area contributed by atoms with E-state index in [1.54, 1.807) is 30.3 Å². The maximum Gasteiger partial charge on any atom is 0.260 e. The topological polar surface area (TPSA) is 58.6 Å². The molecule has 1 fully saturated rings. The van der Waals surface area contributed by atoms with Crippen molar-refractivity contribution in [3.05, 3.63) is 66.2 Å². The zero-order valence-corrected chi connectivity index (χ0v) is 14.6. The zero-order chi connectivity index (χ0) is 18.2. The van der Waals surface area contributed by atoms with Crippen molar-refractivity contribution in [3.63, 3.8) is 0 Å². The summed E-state index contributed by atoms with van der Waals surface area (Å²) in [6.07, 6.45) is 5.36. The highest BCUT2D eigenvalue weighted by Gasteiger charge is 2.18. The van der Waals surface area contributed by atoms with Crippen LogP contribution in [-0.2, 0) is 9.59 Å². The molecule has 1 saturated heterocycles. The van der Waals surface area contributed by atoms with E-state index in [4.69, 9.17) is 4.74 Å². The predicted molar refractivity (Wildman–Crippen MR) is 102 cm³/mol. The van der Waals surface area contributed by atoms with Crippen molar-refractivity contribution in [3.8, 4) is 5.75 Å². The molecule has 0 aliphatic carbocycles. The Morgan fingerprint density at radius 1 is 1.04 bits per heavy atom. The number of carbonyl (C=O) groups excluding carboxylic acids is 2. The van der Waals surface area contributed by atoms with Crippen LogP contribution in [0.15, 0.2) is 60.7 Å². The average Bonchev–Trinajstić information content (AvgIpc) is 3.20. The number of hydrogen-bond acceptors (Lipinski definition) is 3. The first-order valence-corrected chi connectivity index (χ1v) is 8.75. The van der Waals surface area contributed by atoms with Crippen molar-refractivity contribution < 1.29 is 14.3 Å². The van der Waals surface area contributed by atoms with Gasteiger partial charge in [-0.25, -0.2) is 0 Å². The van der Waals surface area contributed by atoms with E-state index in [-0.39, 0.29) is 18.4 Å². The second-order valence-electron chi connectivity index (χ2n) is 6.14. The first-order chi connectivity index (χ1) is 12.7. The minimum atomic E-state index is -0.223. The monoisotopic (exact) mass is 350 g/mol. The highest BCUT2D eigenvalue weighted by Crippen LogP contribution is 2.18. The second-order valence-corrected chi connectivity index (χ2v) is 6.14. The van der Waals surface area contributed by atoms with Crippen LogP contribution in [0.25, 0.3) is 6.08 Å². The van der Waals surface area contributed by atoms with Crippen molar-refractivity contribution in [2.45, 2.75) is 12.8 Å². The van der Waals surface area contributed by atoms with Gasteiger partial charge < -0.3 is 15.0 Å². The molecule has 1 aliphatic rings. The lowest BCUT2D eigenvalue weighted by Gasteiger charge is -2.15. The van der Waals surface area contributed by atoms with Gasteiger partial charge in [-0.2, -0.15) is 0 Å². The predicted octanol–water partition coefficient (Wildman–Crippen LogP) is 3.34. The number of nitrogens with one attached hydrogen (secondary N) is 1. The molecular weight excluding hydrogens is 328 g/mol. The van der Waals surface area contributed by atoms with Crippen LogP contribution in [0.1, 0.15) is 18.4 Å². The first kappa shape index (κ1) is 17.7. The summed E-state index contributed by atoms with van der Waals surface area (Å²) in [7, 11) is 0. The fourth-order valence-electron chi connectivity index (χ4n) is 2.79. The molecule has 134 valence electrons. The number of benzene rings is 2. The number of nitrogens with zero attached hydrogens (tertiary/aromatic N) is 1. The van der Waals surface area contributed by atoms with Crippen molar-refractivity contribution in [2.75, 3.05) is 25.0 Å². The largest absolute Gasteiger partial charge is 0.484 e. The van der Waals surface area contributed by atoms with Gasteiger partial charge in [0.15, 0.2) is 6.61 Å². The van der Waals surface area contributed by atoms with Gasteiger partial charge in [-0.1, -0.05) is 36.4 Å². The van der Waals surface area contributed by atoms with E-state index in [0.29, 0.717) is 11.4 Å². The molecule has 0 saturated carbocycles. The molecule has 0 atom stereocenters. The number of rotatable bonds is 6. The summed E-state index contributed by atoms with van der Waals surface area (Å²) >= 11 is 0. The third-order valence-electron chi connectivity index (χ3n) is 4.15. The van der Waals surface area contributed by atoms with E-state index in [1.165, 1.54) is 6.08 Å². The molecule has 0 spiro atoms. The van der Waals surface area contributed by atoms with Gasteiger partial charge in [0.05, 0.1) is 0 Å². The molecule has 0 radical (unpaired) electrons. The van der Waals surface area contributed by atoms with Crippen LogP contribution in [0.2, 0.25) is 0 Å². The molecule has 1 heterocycles. The maximum atomic E-state index is 12.0. The summed E-state index contributed by atoms with van der Waals surface area (Å²) in [6.45, 7) is 1.64. The molecule has 2 amide bonds. The van der Waals surface area contributed by atoms with E-state index < -0.39 is 0 Å². The molecule has 0 bridgehead atoms. The van der Waals surface area contributed by atoms with Gasteiger partial charge >= 0.3 is 0 Å². The van der Waals surface area contributed by atoms with E-state index in [9.17, 15) is 9.59 Å². The Bertz CT molecular complexity index is 781. The lowest BCUT2D eigenvalue weighted by Crippen LogP contribution is -2.32. The first-order valence-electron chi connectivity index (χ1n) is 8.75. The van der Waals surface area contributed by atoms with Crippen LogP contribution < -0.4 is 10.1 Å². The van der Waals surface area contributed by atoms with E-state index in [2.05, 4.69) is 5.32 Å². The SMILES string of the molecule is O=C(C=Cc1ccccc1)Nc1cccc(OCC(=O)N2CCCC2)c1. The van der Waals surface area contributed by atoms with E-state index in [0.717, 1.165) is 31.5 Å². The van der Waals surface area contributed by atoms with E-state index in [1.807, 2.05) is 35.2 Å². The number of hydrogen-bond donors (Lipinski definition) is 1. The van der Waals surface area contributed by atoms with Crippen LogP contribution in [0.5, 0.6) is 5.75 Å². The molecule has 1 aliphatic heterocycles. The van der Waals surface area contributed by atoms with Gasteiger partial charge in [0.1, 0.15) is 5.75 Å². The lowest BCUT2D eigenvalue weighted by atomic mass is 10.2.